The van der Waals surface area contributed by atoms with E-state index in [0.29, 0.717) is 5.41 Å². The zero-order valence-corrected chi connectivity index (χ0v) is 11.5. The van der Waals surface area contributed by atoms with Crippen molar-refractivity contribution in [1.82, 2.24) is 20.3 Å². The fourth-order valence-corrected chi connectivity index (χ4v) is 3.39. The molecule has 2 aromatic rings. The van der Waals surface area contributed by atoms with Gasteiger partial charge in [0.1, 0.15) is 0 Å². The van der Waals surface area contributed by atoms with Crippen LogP contribution in [0.2, 0.25) is 0 Å². The Bertz CT molecular complexity index is 569. The van der Waals surface area contributed by atoms with Crippen LogP contribution in [-0.4, -0.2) is 41.1 Å². The molecule has 5 heteroatoms. The van der Waals surface area contributed by atoms with Gasteiger partial charge in [-0.3, -0.25) is 0 Å². The van der Waals surface area contributed by atoms with Gasteiger partial charge in [-0.25, -0.2) is 9.97 Å². The van der Waals surface area contributed by atoms with E-state index in [0.717, 1.165) is 43.3 Å². The standard InChI is InChI=1S/C15H19N5/c1-4-16-7-12(1)13-8-18-14(19-9-13)20-6-3-15(11-20)2-5-17-10-15/h1,4,7-9,16-17H,2-3,5-6,10-11H2. The average molecular weight is 269 g/mol. The number of anilines is 1. The van der Waals surface area contributed by atoms with E-state index in [1.165, 1.54) is 12.8 Å². The lowest BCUT2D eigenvalue weighted by Crippen LogP contribution is -2.29. The van der Waals surface area contributed by atoms with Gasteiger partial charge >= 0.3 is 0 Å². The van der Waals surface area contributed by atoms with Gasteiger partial charge in [0.25, 0.3) is 0 Å². The van der Waals surface area contributed by atoms with Crippen LogP contribution in [0.25, 0.3) is 11.1 Å². The predicted molar refractivity (Wildman–Crippen MR) is 78.6 cm³/mol. The van der Waals surface area contributed by atoms with Crippen molar-refractivity contribution in [1.29, 1.82) is 0 Å². The minimum atomic E-state index is 0.461. The molecule has 104 valence electrons. The van der Waals surface area contributed by atoms with Crippen molar-refractivity contribution in [3.63, 3.8) is 0 Å². The van der Waals surface area contributed by atoms with E-state index in [1.54, 1.807) is 0 Å². The first kappa shape index (κ1) is 11.9. The van der Waals surface area contributed by atoms with Crippen LogP contribution < -0.4 is 10.2 Å². The van der Waals surface area contributed by atoms with Crippen LogP contribution in [0.15, 0.2) is 30.9 Å². The number of nitrogens with one attached hydrogen (secondary N) is 2. The number of hydrogen-bond donors (Lipinski definition) is 2. The van der Waals surface area contributed by atoms with Crippen molar-refractivity contribution in [3.05, 3.63) is 30.9 Å². The molecule has 1 unspecified atom stereocenters. The molecule has 2 saturated heterocycles. The second-order valence-electron chi connectivity index (χ2n) is 5.97. The molecular weight excluding hydrogens is 250 g/mol. The van der Waals surface area contributed by atoms with E-state index in [1.807, 2.05) is 30.9 Å². The summed E-state index contributed by atoms with van der Waals surface area (Å²) in [5.74, 6) is 0.869. The molecule has 2 aliphatic heterocycles. The highest BCUT2D eigenvalue weighted by atomic mass is 15.3. The third-order valence-electron chi connectivity index (χ3n) is 4.62. The van der Waals surface area contributed by atoms with Gasteiger partial charge in [-0.15, -0.1) is 0 Å². The Morgan fingerprint density at radius 1 is 1.15 bits per heavy atom. The minimum Gasteiger partial charge on any atom is -0.367 e. The van der Waals surface area contributed by atoms with Gasteiger partial charge in [-0.1, -0.05) is 0 Å². The molecule has 2 aliphatic rings. The molecule has 1 spiro atoms. The van der Waals surface area contributed by atoms with Crippen LogP contribution in [0.3, 0.4) is 0 Å². The fraction of sp³-hybridized carbons (Fsp3) is 0.467. The molecule has 2 fully saturated rings. The molecule has 2 aromatic heterocycles. The molecule has 0 radical (unpaired) electrons. The Morgan fingerprint density at radius 2 is 2.05 bits per heavy atom. The maximum Gasteiger partial charge on any atom is 0.225 e. The summed E-state index contributed by atoms with van der Waals surface area (Å²) in [6.07, 6.45) is 10.3. The molecule has 4 rings (SSSR count). The zero-order chi connectivity index (χ0) is 13.4. The van der Waals surface area contributed by atoms with E-state index in [9.17, 15) is 0 Å². The Kier molecular flexibility index (Phi) is 2.73. The molecule has 5 nitrogen and oxygen atoms in total. The number of nitrogens with zero attached hydrogens (tertiary/aromatic N) is 3. The number of rotatable bonds is 2. The normalized spacial score (nSPS) is 25.7. The quantitative estimate of drug-likeness (QED) is 0.870. The van der Waals surface area contributed by atoms with Crippen molar-refractivity contribution in [2.75, 3.05) is 31.1 Å². The number of hydrogen-bond acceptors (Lipinski definition) is 4. The molecule has 0 saturated carbocycles. The maximum atomic E-state index is 4.55. The lowest BCUT2D eigenvalue weighted by Gasteiger charge is -2.22. The Labute approximate surface area is 118 Å². The second-order valence-corrected chi connectivity index (χ2v) is 5.97. The highest BCUT2D eigenvalue weighted by molar-refractivity contribution is 5.61. The smallest absolute Gasteiger partial charge is 0.225 e. The summed E-state index contributed by atoms with van der Waals surface area (Å²) < 4.78 is 0. The molecule has 1 atom stereocenters. The van der Waals surface area contributed by atoms with Gasteiger partial charge < -0.3 is 15.2 Å². The molecule has 0 aromatic carbocycles. The van der Waals surface area contributed by atoms with Gasteiger partial charge in [-0.2, -0.15) is 0 Å². The van der Waals surface area contributed by atoms with Crippen LogP contribution in [0.1, 0.15) is 12.8 Å². The molecule has 0 amide bonds. The van der Waals surface area contributed by atoms with Crippen LogP contribution in [0.4, 0.5) is 5.95 Å². The fourth-order valence-electron chi connectivity index (χ4n) is 3.39. The third-order valence-corrected chi connectivity index (χ3v) is 4.62. The van der Waals surface area contributed by atoms with Crippen molar-refractivity contribution in [3.8, 4) is 11.1 Å². The minimum absolute atomic E-state index is 0.461. The first-order valence-electron chi connectivity index (χ1n) is 7.26. The lowest BCUT2D eigenvalue weighted by atomic mass is 9.87. The highest BCUT2D eigenvalue weighted by Crippen LogP contribution is 2.37. The maximum absolute atomic E-state index is 4.55. The number of aromatic amines is 1. The van der Waals surface area contributed by atoms with Gasteiger partial charge in [0, 0.05) is 61.0 Å². The summed E-state index contributed by atoms with van der Waals surface area (Å²) in [5.41, 5.74) is 2.66. The monoisotopic (exact) mass is 269 g/mol. The SMILES string of the molecule is c1cc(-c2cnc(N3CCC4(CCNC4)C3)nc2)c[nH]1. The van der Waals surface area contributed by atoms with Gasteiger partial charge in [-0.05, 0) is 25.5 Å². The van der Waals surface area contributed by atoms with Gasteiger partial charge in [0.2, 0.25) is 5.95 Å². The van der Waals surface area contributed by atoms with E-state index >= 15 is 0 Å². The summed E-state index contributed by atoms with van der Waals surface area (Å²) in [7, 11) is 0. The highest BCUT2D eigenvalue weighted by Gasteiger charge is 2.40. The van der Waals surface area contributed by atoms with E-state index in [4.69, 9.17) is 0 Å². The number of H-pyrrole nitrogens is 1. The Morgan fingerprint density at radius 3 is 2.75 bits per heavy atom. The van der Waals surface area contributed by atoms with Crippen molar-refractivity contribution in [2.45, 2.75) is 12.8 Å². The second kappa shape index (κ2) is 4.59. The van der Waals surface area contributed by atoms with Crippen LogP contribution in [0.5, 0.6) is 0 Å². The van der Waals surface area contributed by atoms with E-state index in [-0.39, 0.29) is 0 Å². The molecule has 2 N–H and O–H groups in total. The Hall–Kier alpha value is -1.88. The van der Waals surface area contributed by atoms with Crippen LogP contribution >= 0.6 is 0 Å². The van der Waals surface area contributed by atoms with Crippen molar-refractivity contribution >= 4 is 5.95 Å². The molecular formula is C15H19N5. The predicted octanol–water partition coefficient (Wildman–Crippen LogP) is 1.66. The third kappa shape index (κ3) is 1.98. The van der Waals surface area contributed by atoms with E-state index < -0.39 is 0 Å². The molecule has 0 bridgehead atoms. The lowest BCUT2D eigenvalue weighted by molar-refractivity contribution is 0.369. The summed E-state index contributed by atoms with van der Waals surface area (Å²) in [6.45, 7) is 4.46. The summed E-state index contributed by atoms with van der Waals surface area (Å²) in [6, 6.07) is 2.04. The largest absolute Gasteiger partial charge is 0.367 e. The van der Waals surface area contributed by atoms with Crippen LogP contribution in [-0.2, 0) is 0 Å². The molecule has 4 heterocycles. The molecule has 20 heavy (non-hydrogen) atoms. The summed E-state index contributed by atoms with van der Waals surface area (Å²) in [4.78, 5) is 14.5. The Balaban J connectivity index is 1.52. The van der Waals surface area contributed by atoms with E-state index in [2.05, 4.69) is 25.2 Å². The van der Waals surface area contributed by atoms with Crippen molar-refractivity contribution < 1.29 is 0 Å². The van der Waals surface area contributed by atoms with Crippen molar-refractivity contribution in [2.24, 2.45) is 5.41 Å². The van der Waals surface area contributed by atoms with Gasteiger partial charge in [0.05, 0.1) is 0 Å². The number of aromatic nitrogens is 3. The topological polar surface area (TPSA) is 56.8 Å². The van der Waals surface area contributed by atoms with Crippen LogP contribution in [0, 0.1) is 5.41 Å². The molecule has 0 aliphatic carbocycles. The first-order valence-corrected chi connectivity index (χ1v) is 7.26. The zero-order valence-electron chi connectivity index (χ0n) is 11.5. The van der Waals surface area contributed by atoms with Gasteiger partial charge in [0.15, 0.2) is 0 Å². The summed E-state index contributed by atoms with van der Waals surface area (Å²) >= 11 is 0. The first-order chi connectivity index (χ1) is 9.85. The summed E-state index contributed by atoms with van der Waals surface area (Å²) in [5, 5.41) is 3.48. The average Bonchev–Trinajstić information content (AvgIpc) is 3.23.